The van der Waals surface area contributed by atoms with E-state index < -0.39 is 0 Å². The Kier molecular flexibility index (Phi) is 6.52. The van der Waals surface area contributed by atoms with Crippen molar-refractivity contribution in [3.8, 4) is 5.75 Å². The van der Waals surface area contributed by atoms with Crippen LogP contribution in [-0.4, -0.2) is 36.9 Å². The van der Waals surface area contributed by atoms with Gasteiger partial charge in [0.1, 0.15) is 5.75 Å². The maximum Gasteiger partial charge on any atom is 0.191 e. The lowest BCUT2D eigenvalue weighted by Crippen LogP contribution is -2.45. The third kappa shape index (κ3) is 5.22. The Morgan fingerprint density at radius 2 is 2.09 bits per heavy atom. The molecule has 0 unspecified atom stereocenters. The molecule has 2 rings (SSSR count). The van der Waals surface area contributed by atoms with Crippen molar-refractivity contribution in [3.63, 3.8) is 0 Å². The van der Waals surface area contributed by atoms with Gasteiger partial charge < -0.3 is 20.5 Å². The summed E-state index contributed by atoms with van der Waals surface area (Å²) < 4.78 is 5.24. The van der Waals surface area contributed by atoms with Gasteiger partial charge >= 0.3 is 0 Å². The molecule has 22 heavy (non-hydrogen) atoms. The van der Waals surface area contributed by atoms with Crippen LogP contribution in [0.15, 0.2) is 29.3 Å². The molecule has 0 atom stereocenters. The van der Waals surface area contributed by atoms with Crippen molar-refractivity contribution in [1.29, 1.82) is 0 Å². The average Bonchev–Trinajstić information content (AvgIpc) is 2.55. The van der Waals surface area contributed by atoms with E-state index in [9.17, 15) is 5.11 Å². The van der Waals surface area contributed by atoms with Crippen molar-refractivity contribution in [2.45, 2.75) is 51.3 Å². The third-order valence-corrected chi connectivity index (χ3v) is 3.94. The molecule has 1 saturated carbocycles. The van der Waals surface area contributed by atoms with Crippen LogP contribution in [0.3, 0.4) is 0 Å². The molecule has 0 amide bonds. The number of hydrogen-bond acceptors (Lipinski definition) is 3. The number of hydrogen-bond donors (Lipinski definition) is 3. The van der Waals surface area contributed by atoms with Crippen LogP contribution < -0.4 is 15.4 Å². The summed E-state index contributed by atoms with van der Waals surface area (Å²) in [6.07, 6.45) is 3.59. The lowest BCUT2D eigenvalue weighted by Gasteiger charge is -2.27. The summed E-state index contributed by atoms with van der Waals surface area (Å²) in [5.41, 5.74) is 1.12. The number of aliphatic hydroxyl groups excluding tert-OH is 1. The summed E-state index contributed by atoms with van der Waals surface area (Å²) >= 11 is 0. The van der Waals surface area contributed by atoms with Crippen molar-refractivity contribution in [1.82, 2.24) is 10.6 Å². The van der Waals surface area contributed by atoms with Gasteiger partial charge in [-0.3, -0.25) is 0 Å². The number of aliphatic hydroxyl groups is 1. The monoisotopic (exact) mass is 305 g/mol. The highest BCUT2D eigenvalue weighted by Gasteiger charge is 2.19. The highest BCUT2D eigenvalue weighted by Crippen LogP contribution is 2.18. The topological polar surface area (TPSA) is 65.9 Å². The highest BCUT2D eigenvalue weighted by atomic mass is 16.5. The molecule has 0 spiro atoms. The fourth-order valence-electron chi connectivity index (χ4n) is 2.67. The Bertz CT molecular complexity index is 483. The zero-order valence-electron chi connectivity index (χ0n) is 13.5. The van der Waals surface area contributed by atoms with Crippen LogP contribution in [0, 0.1) is 0 Å². The molecule has 1 aliphatic carbocycles. The van der Waals surface area contributed by atoms with Crippen LogP contribution in [0.5, 0.6) is 5.75 Å². The molecule has 0 bridgehead atoms. The Hall–Kier alpha value is -1.75. The number of guanidine groups is 1. The van der Waals surface area contributed by atoms with Crippen molar-refractivity contribution < 1.29 is 9.84 Å². The van der Waals surface area contributed by atoms with Crippen molar-refractivity contribution >= 4 is 5.96 Å². The van der Waals surface area contributed by atoms with E-state index in [-0.39, 0.29) is 6.10 Å². The Morgan fingerprint density at radius 3 is 2.77 bits per heavy atom. The molecule has 1 aromatic rings. The molecule has 0 radical (unpaired) electrons. The molecule has 0 aromatic heterocycles. The minimum absolute atomic E-state index is 0.130. The maximum absolute atomic E-state index is 9.58. The number of nitrogens with zero attached hydrogens (tertiary/aromatic N) is 1. The lowest BCUT2D eigenvalue weighted by atomic mass is 9.93. The van der Waals surface area contributed by atoms with Crippen LogP contribution in [-0.2, 0) is 6.54 Å². The second-order valence-corrected chi connectivity index (χ2v) is 5.70. The molecule has 3 N–H and O–H groups in total. The van der Waals surface area contributed by atoms with Crippen LogP contribution in [0.25, 0.3) is 0 Å². The van der Waals surface area contributed by atoms with Gasteiger partial charge in [0.25, 0.3) is 0 Å². The molecule has 0 heterocycles. The fraction of sp³-hybridized carbons (Fsp3) is 0.588. The second kappa shape index (κ2) is 8.63. The number of nitrogens with one attached hydrogen (secondary N) is 2. The molecule has 1 aromatic carbocycles. The molecule has 1 aliphatic rings. The minimum atomic E-state index is -0.130. The molecule has 1 fully saturated rings. The SMILES string of the molecule is CCNC(=NCc1cccc(OC)c1)NC1CCC(O)CC1. The Morgan fingerprint density at radius 1 is 1.32 bits per heavy atom. The van der Waals surface area contributed by atoms with Crippen molar-refractivity contribution in [2.24, 2.45) is 4.99 Å². The zero-order valence-corrected chi connectivity index (χ0v) is 13.5. The first-order valence-electron chi connectivity index (χ1n) is 8.07. The van der Waals surface area contributed by atoms with Gasteiger partial charge in [0.15, 0.2) is 5.96 Å². The van der Waals surface area contributed by atoms with E-state index in [1.54, 1.807) is 7.11 Å². The van der Waals surface area contributed by atoms with E-state index in [2.05, 4.69) is 22.5 Å². The van der Waals surface area contributed by atoms with Gasteiger partial charge in [0, 0.05) is 12.6 Å². The number of benzene rings is 1. The third-order valence-electron chi connectivity index (χ3n) is 3.94. The van der Waals surface area contributed by atoms with Crippen molar-refractivity contribution in [2.75, 3.05) is 13.7 Å². The average molecular weight is 305 g/mol. The highest BCUT2D eigenvalue weighted by molar-refractivity contribution is 5.80. The maximum atomic E-state index is 9.58. The van der Waals surface area contributed by atoms with Gasteiger partial charge in [-0.25, -0.2) is 4.99 Å². The second-order valence-electron chi connectivity index (χ2n) is 5.70. The number of aliphatic imine (C=N–C) groups is 1. The van der Waals surface area contributed by atoms with E-state index in [4.69, 9.17) is 4.74 Å². The largest absolute Gasteiger partial charge is 0.497 e. The van der Waals surface area contributed by atoms with E-state index in [0.29, 0.717) is 12.6 Å². The summed E-state index contributed by atoms with van der Waals surface area (Å²) in [6.45, 7) is 3.51. The standard InChI is InChI=1S/C17H27N3O2/c1-3-18-17(20-14-7-9-15(21)10-8-14)19-12-13-5-4-6-16(11-13)22-2/h4-6,11,14-15,21H,3,7-10,12H2,1-2H3,(H2,18,19,20). The van der Waals surface area contributed by atoms with Crippen LogP contribution in [0.2, 0.25) is 0 Å². The van der Waals surface area contributed by atoms with Crippen LogP contribution >= 0.6 is 0 Å². The molecule has 5 heteroatoms. The van der Waals surface area contributed by atoms with E-state index in [0.717, 1.165) is 49.5 Å². The minimum Gasteiger partial charge on any atom is -0.497 e. The normalized spacial score (nSPS) is 22.2. The predicted molar refractivity (Wildman–Crippen MR) is 89.2 cm³/mol. The van der Waals surface area contributed by atoms with E-state index in [1.165, 1.54) is 0 Å². The van der Waals surface area contributed by atoms with Crippen molar-refractivity contribution in [3.05, 3.63) is 29.8 Å². The number of methoxy groups -OCH3 is 1. The molecular weight excluding hydrogens is 278 g/mol. The summed E-state index contributed by atoms with van der Waals surface area (Å²) in [4.78, 5) is 4.65. The first-order chi connectivity index (χ1) is 10.7. The van der Waals surface area contributed by atoms with Gasteiger partial charge in [-0.05, 0) is 50.3 Å². The predicted octanol–water partition coefficient (Wildman–Crippen LogP) is 2.05. The van der Waals surface area contributed by atoms with Crippen LogP contribution in [0.4, 0.5) is 0 Å². The molecule has 122 valence electrons. The molecule has 0 saturated heterocycles. The quantitative estimate of drug-likeness (QED) is 0.575. The summed E-state index contributed by atoms with van der Waals surface area (Å²) in [5.74, 6) is 1.69. The van der Waals surface area contributed by atoms with Gasteiger partial charge in [-0.1, -0.05) is 12.1 Å². The van der Waals surface area contributed by atoms with E-state index >= 15 is 0 Å². The van der Waals surface area contributed by atoms with Gasteiger partial charge in [0.05, 0.1) is 19.8 Å². The van der Waals surface area contributed by atoms with E-state index in [1.807, 2.05) is 24.3 Å². The Balaban J connectivity index is 1.94. The first-order valence-corrected chi connectivity index (χ1v) is 8.07. The molecular formula is C17H27N3O2. The summed E-state index contributed by atoms with van der Waals surface area (Å²) in [7, 11) is 1.67. The lowest BCUT2D eigenvalue weighted by molar-refractivity contribution is 0.120. The van der Waals surface area contributed by atoms with Gasteiger partial charge in [-0.2, -0.15) is 0 Å². The zero-order chi connectivity index (χ0) is 15.8. The molecule has 0 aliphatic heterocycles. The fourth-order valence-corrected chi connectivity index (χ4v) is 2.67. The first kappa shape index (κ1) is 16.6. The Labute approximate surface area is 132 Å². The van der Waals surface area contributed by atoms with Crippen LogP contribution in [0.1, 0.15) is 38.2 Å². The summed E-state index contributed by atoms with van der Waals surface area (Å²) in [6, 6.07) is 8.36. The smallest absolute Gasteiger partial charge is 0.191 e. The van der Waals surface area contributed by atoms with Gasteiger partial charge in [0.2, 0.25) is 0 Å². The molecule has 5 nitrogen and oxygen atoms in total. The number of rotatable bonds is 5. The van der Waals surface area contributed by atoms with Gasteiger partial charge in [-0.15, -0.1) is 0 Å². The number of ether oxygens (including phenoxy) is 1. The summed E-state index contributed by atoms with van der Waals surface area (Å²) in [5, 5.41) is 16.3.